The van der Waals surface area contributed by atoms with Crippen LogP contribution in [0.3, 0.4) is 0 Å². The molecule has 168 valence electrons. The van der Waals surface area contributed by atoms with Crippen molar-refractivity contribution in [1.29, 1.82) is 0 Å². The van der Waals surface area contributed by atoms with Gasteiger partial charge >= 0.3 is 0 Å². The summed E-state index contributed by atoms with van der Waals surface area (Å²) in [5.74, 6) is 1.18. The lowest BCUT2D eigenvalue weighted by Crippen LogP contribution is -2.51. The molecule has 1 aromatic carbocycles. The highest BCUT2D eigenvalue weighted by Gasteiger charge is 2.31. The Morgan fingerprint density at radius 3 is 2.55 bits per heavy atom. The van der Waals surface area contributed by atoms with Crippen LogP contribution in [0.25, 0.3) is 0 Å². The van der Waals surface area contributed by atoms with Gasteiger partial charge in [-0.05, 0) is 26.0 Å². The van der Waals surface area contributed by atoms with E-state index in [2.05, 4.69) is 10.2 Å². The number of fused-ring (bicyclic) bond motifs is 1. The Kier molecular flexibility index (Phi) is 6.39. The third-order valence-electron chi connectivity index (χ3n) is 5.16. The second kappa shape index (κ2) is 9.05. The predicted molar refractivity (Wildman–Crippen MR) is 114 cm³/mol. The van der Waals surface area contributed by atoms with E-state index >= 15 is 0 Å². The van der Waals surface area contributed by atoms with E-state index in [1.165, 1.54) is 28.2 Å². The van der Waals surface area contributed by atoms with Crippen molar-refractivity contribution in [1.82, 2.24) is 24.0 Å². The summed E-state index contributed by atoms with van der Waals surface area (Å²) in [6.45, 7) is 6.07. The molecule has 0 radical (unpaired) electrons. The molecule has 2 aliphatic heterocycles. The van der Waals surface area contributed by atoms with Crippen LogP contribution in [-0.4, -0.2) is 83.4 Å². The number of sulfonamides is 1. The first-order valence-electron chi connectivity index (χ1n) is 10.1. The van der Waals surface area contributed by atoms with E-state index in [0.717, 1.165) is 0 Å². The van der Waals surface area contributed by atoms with E-state index in [1.54, 1.807) is 17.3 Å². The summed E-state index contributed by atoms with van der Waals surface area (Å²) in [5, 5.41) is 8.66. The number of benzene rings is 1. The minimum absolute atomic E-state index is 0.0420. The highest BCUT2D eigenvalue weighted by molar-refractivity contribution is 7.99. The number of rotatable bonds is 6. The van der Waals surface area contributed by atoms with Crippen LogP contribution in [0.1, 0.15) is 19.9 Å². The number of hydrogen-bond acceptors (Lipinski definition) is 8. The molecule has 0 saturated carbocycles. The molecule has 3 heterocycles. The summed E-state index contributed by atoms with van der Waals surface area (Å²) in [4.78, 5) is 14.5. The van der Waals surface area contributed by atoms with Gasteiger partial charge in [0, 0.05) is 38.3 Å². The molecule has 0 aliphatic carbocycles. The van der Waals surface area contributed by atoms with E-state index in [9.17, 15) is 13.2 Å². The molecule has 0 unspecified atom stereocenters. The minimum Gasteiger partial charge on any atom is -0.486 e. The number of nitrogens with zero attached hydrogens (tertiary/aromatic N) is 5. The fraction of sp³-hybridized carbons (Fsp3) is 0.526. The van der Waals surface area contributed by atoms with Crippen LogP contribution in [0, 0.1) is 0 Å². The van der Waals surface area contributed by atoms with Gasteiger partial charge in [-0.2, -0.15) is 4.31 Å². The Morgan fingerprint density at radius 2 is 1.84 bits per heavy atom. The van der Waals surface area contributed by atoms with Crippen LogP contribution >= 0.6 is 11.8 Å². The van der Waals surface area contributed by atoms with Gasteiger partial charge in [0.1, 0.15) is 19.5 Å². The zero-order valence-electron chi connectivity index (χ0n) is 17.4. The number of aromatic nitrogens is 3. The largest absolute Gasteiger partial charge is 0.486 e. The fourth-order valence-electron chi connectivity index (χ4n) is 3.42. The molecule has 0 spiro atoms. The van der Waals surface area contributed by atoms with E-state index < -0.39 is 10.0 Å². The molecule has 10 nitrogen and oxygen atoms in total. The summed E-state index contributed by atoms with van der Waals surface area (Å²) >= 11 is 1.34. The normalized spacial score (nSPS) is 17.2. The first-order chi connectivity index (χ1) is 14.9. The van der Waals surface area contributed by atoms with Crippen LogP contribution in [0.15, 0.2) is 34.6 Å². The number of ether oxygens (including phenoxy) is 2. The zero-order valence-corrected chi connectivity index (χ0v) is 19.1. The van der Waals surface area contributed by atoms with Crippen molar-refractivity contribution in [3.63, 3.8) is 0 Å². The second-order valence-electron chi connectivity index (χ2n) is 7.49. The van der Waals surface area contributed by atoms with Crippen molar-refractivity contribution in [2.24, 2.45) is 0 Å². The summed E-state index contributed by atoms with van der Waals surface area (Å²) < 4.78 is 40.4. The van der Waals surface area contributed by atoms with Crippen molar-refractivity contribution in [2.75, 3.05) is 45.1 Å². The molecule has 0 N–H and O–H groups in total. The van der Waals surface area contributed by atoms with Gasteiger partial charge in [0.25, 0.3) is 0 Å². The molecular weight excluding hydrogens is 442 g/mol. The molecule has 2 aromatic rings. The summed E-state index contributed by atoms with van der Waals surface area (Å²) in [6.07, 6.45) is 1.65. The number of amides is 1. The van der Waals surface area contributed by atoms with Crippen LogP contribution < -0.4 is 9.47 Å². The Balaban J connectivity index is 1.34. The molecule has 1 aromatic heterocycles. The third-order valence-corrected chi connectivity index (χ3v) is 8.00. The maximum Gasteiger partial charge on any atom is 0.243 e. The average molecular weight is 468 g/mol. The SMILES string of the molecule is CC(C)n1cnnc1SCC(=O)N1CCN(S(=O)(=O)c2ccc3c(c2)OCCO3)CC1. The summed E-state index contributed by atoms with van der Waals surface area (Å²) in [6, 6.07) is 4.86. The molecule has 0 atom stereocenters. The van der Waals surface area contributed by atoms with Crippen molar-refractivity contribution < 1.29 is 22.7 Å². The van der Waals surface area contributed by atoms with E-state index in [-0.39, 0.29) is 35.7 Å². The van der Waals surface area contributed by atoms with Crippen LogP contribution in [0.4, 0.5) is 0 Å². The van der Waals surface area contributed by atoms with Gasteiger partial charge < -0.3 is 18.9 Å². The standard InChI is InChI=1S/C19H25N5O5S2/c1-14(2)24-13-20-21-19(24)30-12-18(25)22-5-7-23(8-6-22)31(26,27)15-3-4-16-17(11-15)29-10-9-28-16/h3-4,11,13-14H,5-10,12H2,1-2H3. The molecule has 0 bridgehead atoms. The first-order valence-corrected chi connectivity index (χ1v) is 12.5. The average Bonchev–Trinajstić information content (AvgIpc) is 3.26. The number of hydrogen-bond donors (Lipinski definition) is 0. The monoisotopic (exact) mass is 467 g/mol. The van der Waals surface area contributed by atoms with Crippen molar-refractivity contribution >= 4 is 27.7 Å². The van der Waals surface area contributed by atoms with Gasteiger partial charge in [-0.3, -0.25) is 4.79 Å². The predicted octanol–water partition coefficient (Wildman–Crippen LogP) is 1.26. The number of carbonyl (C=O) groups excluding carboxylic acids is 1. The van der Waals surface area contributed by atoms with E-state index in [0.29, 0.717) is 43.0 Å². The van der Waals surface area contributed by atoms with Crippen LogP contribution in [0.5, 0.6) is 11.5 Å². The maximum absolute atomic E-state index is 13.0. The summed E-state index contributed by atoms with van der Waals surface area (Å²) in [5.41, 5.74) is 0. The third kappa shape index (κ3) is 4.65. The maximum atomic E-state index is 13.0. The lowest BCUT2D eigenvalue weighted by Gasteiger charge is -2.34. The van der Waals surface area contributed by atoms with Gasteiger partial charge in [0.05, 0.1) is 10.6 Å². The molecule has 1 amide bonds. The molecule has 2 aliphatic rings. The Morgan fingerprint density at radius 1 is 1.13 bits per heavy atom. The fourth-order valence-corrected chi connectivity index (χ4v) is 5.80. The molecule has 12 heteroatoms. The van der Waals surface area contributed by atoms with Crippen LogP contribution in [-0.2, 0) is 14.8 Å². The van der Waals surface area contributed by atoms with Crippen molar-refractivity contribution in [3.05, 3.63) is 24.5 Å². The van der Waals surface area contributed by atoms with Crippen molar-refractivity contribution in [3.8, 4) is 11.5 Å². The first kappa shape index (κ1) is 21.9. The quantitative estimate of drug-likeness (QED) is 0.585. The van der Waals surface area contributed by atoms with Gasteiger partial charge in [-0.1, -0.05) is 11.8 Å². The number of carbonyl (C=O) groups is 1. The number of piperazine rings is 1. The smallest absolute Gasteiger partial charge is 0.243 e. The van der Waals surface area contributed by atoms with Crippen molar-refractivity contribution in [2.45, 2.75) is 29.9 Å². The van der Waals surface area contributed by atoms with Gasteiger partial charge in [-0.15, -0.1) is 10.2 Å². The van der Waals surface area contributed by atoms with E-state index in [1.807, 2.05) is 18.4 Å². The Labute approximate surface area is 185 Å². The van der Waals surface area contributed by atoms with Gasteiger partial charge in [-0.25, -0.2) is 8.42 Å². The molecule has 1 saturated heterocycles. The highest BCUT2D eigenvalue weighted by Crippen LogP contribution is 2.33. The molecule has 4 rings (SSSR count). The topological polar surface area (TPSA) is 107 Å². The van der Waals surface area contributed by atoms with Crippen LogP contribution in [0.2, 0.25) is 0 Å². The highest BCUT2D eigenvalue weighted by atomic mass is 32.2. The van der Waals surface area contributed by atoms with E-state index in [4.69, 9.17) is 9.47 Å². The minimum atomic E-state index is -3.67. The molecule has 31 heavy (non-hydrogen) atoms. The Bertz CT molecular complexity index is 1050. The Hall–Kier alpha value is -2.31. The van der Waals surface area contributed by atoms with Gasteiger partial charge in [0.15, 0.2) is 16.7 Å². The number of thioether (sulfide) groups is 1. The molecule has 1 fully saturated rings. The lowest BCUT2D eigenvalue weighted by atomic mass is 10.3. The second-order valence-corrected chi connectivity index (χ2v) is 10.4. The summed E-state index contributed by atoms with van der Waals surface area (Å²) in [7, 11) is -3.67. The lowest BCUT2D eigenvalue weighted by molar-refractivity contribution is -0.129. The zero-order chi connectivity index (χ0) is 22.0. The molecular formula is C19H25N5O5S2. The van der Waals surface area contributed by atoms with Gasteiger partial charge in [0.2, 0.25) is 15.9 Å².